The van der Waals surface area contributed by atoms with Gasteiger partial charge in [-0.25, -0.2) is 0 Å². The SMILES string of the molecule is CCC(C)C(=O)OCC1OC(C(C)C)(C(C)C)OC(C(CC)C(C)CC)C1OC(C)(C(C)C)C(C)C. The largest absolute Gasteiger partial charge is 0.463 e. The van der Waals surface area contributed by atoms with Gasteiger partial charge in [0.2, 0.25) is 0 Å². The third kappa shape index (κ3) is 7.26. The maximum atomic E-state index is 12.7. The average molecular weight is 513 g/mol. The molecule has 6 atom stereocenters. The van der Waals surface area contributed by atoms with Gasteiger partial charge >= 0.3 is 5.97 Å². The molecule has 0 aromatic carbocycles. The molecule has 0 spiro atoms. The van der Waals surface area contributed by atoms with Crippen LogP contribution in [0.25, 0.3) is 0 Å². The zero-order chi connectivity index (χ0) is 28.0. The van der Waals surface area contributed by atoms with Gasteiger partial charge < -0.3 is 18.9 Å². The first-order chi connectivity index (χ1) is 16.6. The van der Waals surface area contributed by atoms with E-state index in [1.54, 1.807) is 0 Å². The van der Waals surface area contributed by atoms with Crippen LogP contribution in [-0.4, -0.2) is 42.3 Å². The van der Waals surface area contributed by atoms with Crippen molar-refractivity contribution in [3.63, 3.8) is 0 Å². The lowest BCUT2D eigenvalue weighted by atomic mass is 9.77. The van der Waals surface area contributed by atoms with Crippen molar-refractivity contribution < 1.29 is 23.7 Å². The van der Waals surface area contributed by atoms with Crippen molar-refractivity contribution in [2.45, 2.75) is 146 Å². The fraction of sp³-hybridized carbons (Fsp3) is 0.968. The van der Waals surface area contributed by atoms with Crippen molar-refractivity contribution in [2.75, 3.05) is 6.61 Å². The Kier molecular flexibility index (Phi) is 12.9. The lowest BCUT2D eigenvalue weighted by Gasteiger charge is -2.56. The van der Waals surface area contributed by atoms with E-state index in [4.69, 9.17) is 18.9 Å². The highest BCUT2D eigenvalue weighted by Crippen LogP contribution is 2.46. The van der Waals surface area contributed by atoms with Crippen molar-refractivity contribution in [3.8, 4) is 0 Å². The summed E-state index contributed by atoms with van der Waals surface area (Å²) in [6.07, 6.45) is 1.91. The highest BCUT2D eigenvalue weighted by molar-refractivity contribution is 5.71. The molecule has 0 aromatic rings. The van der Waals surface area contributed by atoms with Gasteiger partial charge in [0.1, 0.15) is 18.8 Å². The van der Waals surface area contributed by atoms with Gasteiger partial charge in [-0.05, 0) is 37.0 Å². The number of hydrogen-bond donors (Lipinski definition) is 0. The Bertz CT molecular complexity index is 639. The van der Waals surface area contributed by atoms with E-state index in [2.05, 4.69) is 83.1 Å². The van der Waals surface area contributed by atoms with Crippen molar-refractivity contribution in [3.05, 3.63) is 0 Å². The van der Waals surface area contributed by atoms with Crippen LogP contribution in [0.4, 0.5) is 0 Å². The number of ether oxygens (including phenoxy) is 4. The quantitative estimate of drug-likeness (QED) is 0.221. The molecule has 0 amide bonds. The van der Waals surface area contributed by atoms with E-state index in [0.29, 0.717) is 23.7 Å². The molecular formula is C31H60O5. The summed E-state index contributed by atoms with van der Waals surface area (Å²) in [5.74, 6) is 0.539. The molecule has 6 unspecified atom stereocenters. The Morgan fingerprint density at radius 1 is 0.833 bits per heavy atom. The third-order valence-corrected chi connectivity index (χ3v) is 9.31. The Morgan fingerprint density at radius 3 is 1.75 bits per heavy atom. The van der Waals surface area contributed by atoms with Gasteiger partial charge in [-0.15, -0.1) is 0 Å². The Labute approximate surface area is 223 Å². The van der Waals surface area contributed by atoms with Crippen molar-refractivity contribution in [1.29, 1.82) is 0 Å². The smallest absolute Gasteiger partial charge is 0.308 e. The van der Waals surface area contributed by atoms with E-state index < -0.39 is 11.9 Å². The molecule has 0 aromatic heterocycles. The van der Waals surface area contributed by atoms with Crippen LogP contribution >= 0.6 is 0 Å². The van der Waals surface area contributed by atoms with E-state index in [0.717, 1.165) is 19.3 Å². The second kappa shape index (κ2) is 13.9. The third-order valence-electron chi connectivity index (χ3n) is 9.31. The highest BCUT2D eigenvalue weighted by atomic mass is 16.7. The topological polar surface area (TPSA) is 54.0 Å². The van der Waals surface area contributed by atoms with Crippen molar-refractivity contribution in [2.24, 2.45) is 41.4 Å². The second-order valence-electron chi connectivity index (χ2n) is 12.7. The van der Waals surface area contributed by atoms with Crippen LogP contribution in [0.5, 0.6) is 0 Å². The Morgan fingerprint density at radius 2 is 1.36 bits per heavy atom. The summed E-state index contributed by atoms with van der Waals surface area (Å²) in [6.45, 7) is 30.7. The standard InChI is InChI=1S/C31H60O5/c1-15-23(12)25(17-3)27-28(35-30(14,19(4)5)20(6)7)26(18-33-29(32)24(13)16-2)34-31(36-27,21(8)9)22(10)11/h19-28H,15-18H2,1-14H3. The predicted octanol–water partition coefficient (Wildman–Crippen LogP) is 7.90. The normalized spacial score (nSPS) is 25.4. The number of carbonyl (C=O) groups is 1. The molecule has 0 N–H and O–H groups in total. The van der Waals surface area contributed by atoms with Gasteiger partial charge in [0.05, 0.1) is 17.6 Å². The fourth-order valence-electron chi connectivity index (χ4n) is 5.60. The Balaban J connectivity index is 3.67. The summed E-state index contributed by atoms with van der Waals surface area (Å²) in [5, 5.41) is 0. The van der Waals surface area contributed by atoms with E-state index >= 15 is 0 Å². The van der Waals surface area contributed by atoms with Gasteiger partial charge in [0.15, 0.2) is 5.79 Å². The molecule has 5 nitrogen and oxygen atoms in total. The maximum Gasteiger partial charge on any atom is 0.308 e. The molecule has 214 valence electrons. The highest BCUT2D eigenvalue weighted by Gasteiger charge is 2.56. The molecule has 0 saturated carbocycles. The number of hydrogen-bond acceptors (Lipinski definition) is 5. The molecular weight excluding hydrogens is 452 g/mol. The van der Waals surface area contributed by atoms with Crippen LogP contribution in [0.1, 0.15) is 116 Å². The van der Waals surface area contributed by atoms with Crippen LogP contribution in [0.3, 0.4) is 0 Å². The summed E-state index contributed by atoms with van der Waals surface area (Å²) < 4.78 is 27.0. The zero-order valence-electron chi connectivity index (χ0n) is 26.1. The number of esters is 1. The molecule has 1 rings (SSSR count). The average Bonchev–Trinajstić information content (AvgIpc) is 2.82. The molecule has 1 fully saturated rings. The van der Waals surface area contributed by atoms with E-state index in [1.807, 2.05) is 13.8 Å². The first-order valence-electron chi connectivity index (χ1n) is 14.8. The molecule has 0 radical (unpaired) electrons. The first kappa shape index (κ1) is 33.4. The first-order valence-corrected chi connectivity index (χ1v) is 14.8. The molecule has 0 bridgehead atoms. The minimum Gasteiger partial charge on any atom is -0.463 e. The van der Waals surface area contributed by atoms with E-state index in [9.17, 15) is 4.79 Å². The molecule has 0 aliphatic carbocycles. The minimum atomic E-state index is -0.773. The van der Waals surface area contributed by atoms with E-state index in [1.165, 1.54) is 0 Å². The summed E-state index contributed by atoms with van der Waals surface area (Å²) >= 11 is 0. The molecule has 36 heavy (non-hydrogen) atoms. The van der Waals surface area contributed by atoms with Crippen LogP contribution in [0.2, 0.25) is 0 Å². The van der Waals surface area contributed by atoms with Crippen molar-refractivity contribution >= 4 is 5.97 Å². The summed E-state index contributed by atoms with van der Waals surface area (Å²) in [6, 6.07) is 0. The second-order valence-corrected chi connectivity index (χ2v) is 12.7. The van der Waals surface area contributed by atoms with Crippen molar-refractivity contribution in [1.82, 2.24) is 0 Å². The lowest BCUT2D eigenvalue weighted by molar-refractivity contribution is -0.404. The lowest BCUT2D eigenvalue weighted by Crippen LogP contribution is -2.66. The predicted molar refractivity (Wildman–Crippen MR) is 149 cm³/mol. The maximum absolute atomic E-state index is 12.7. The monoisotopic (exact) mass is 512 g/mol. The molecule has 1 aliphatic rings. The van der Waals surface area contributed by atoms with Gasteiger partial charge in [-0.1, -0.05) is 103 Å². The van der Waals surface area contributed by atoms with Gasteiger partial charge in [-0.2, -0.15) is 0 Å². The van der Waals surface area contributed by atoms with E-state index in [-0.39, 0.29) is 48.1 Å². The Hall–Kier alpha value is -0.650. The van der Waals surface area contributed by atoms with Gasteiger partial charge in [0, 0.05) is 11.8 Å². The number of carbonyl (C=O) groups excluding carboxylic acids is 1. The van der Waals surface area contributed by atoms with Crippen LogP contribution in [0, 0.1) is 41.4 Å². The van der Waals surface area contributed by atoms with Crippen LogP contribution in [0.15, 0.2) is 0 Å². The van der Waals surface area contributed by atoms with Crippen LogP contribution < -0.4 is 0 Å². The molecule has 1 aliphatic heterocycles. The number of rotatable bonds is 14. The molecule has 1 heterocycles. The summed E-state index contributed by atoms with van der Waals surface area (Å²) in [7, 11) is 0. The minimum absolute atomic E-state index is 0.129. The zero-order valence-corrected chi connectivity index (χ0v) is 26.1. The summed E-state index contributed by atoms with van der Waals surface area (Å²) in [5.41, 5.74) is -0.377. The summed E-state index contributed by atoms with van der Waals surface area (Å²) in [4.78, 5) is 12.7. The molecule has 5 heteroatoms. The van der Waals surface area contributed by atoms with Crippen LogP contribution in [-0.2, 0) is 23.7 Å². The van der Waals surface area contributed by atoms with Gasteiger partial charge in [0.25, 0.3) is 0 Å². The fourth-order valence-corrected chi connectivity index (χ4v) is 5.60. The molecule has 1 saturated heterocycles. The van der Waals surface area contributed by atoms with Gasteiger partial charge in [-0.3, -0.25) is 4.79 Å².